The predicted molar refractivity (Wildman–Crippen MR) is 51.8 cm³/mol. The average molecular weight is 174 g/mol. The van der Waals surface area contributed by atoms with Gasteiger partial charge in [-0.2, -0.15) is 12.6 Å². The minimum Gasteiger partial charge on any atom is -0.326 e. The quantitative estimate of drug-likeness (QED) is 0.582. The van der Waals surface area contributed by atoms with Crippen LogP contribution < -0.4 is 5.73 Å². The van der Waals surface area contributed by atoms with Crippen molar-refractivity contribution in [3.63, 3.8) is 0 Å². The molecule has 1 fully saturated rings. The van der Waals surface area contributed by atoms with E-state index in [2.05, 4.69) is 38.3 Å². The zero-order chi connectivity index (χ0) is 8.65. The average Bonchev–Trinajstić information content (AvgIpc) is 2.11. The summed E-state index contributed by atoms with van der Waals surface area (Å²) in [7, 11) is 0. The van der Waals surface area contributed by atoms with E-state index in [4.69, 9.17) is 5.73 Å². The van der Waals surface area contributed by atoms with Gasteiger partial charge in [-0.15, -0.1) is 0 Å². The molecule has 0 spiro atoms. The molecular formula is C8H18N2S. The van der Waals surface area contributed by atoms with Gasteiger partial charge in [-0.05, 0) is 27.2 Å². The highest BCUT2D eigenvalue weighted by Gasteiger charge is 2.35. The fourth-order valence-electron chi connectivity index (χ4n) is 1.74. The van der Waals surface area contributed by atoms with Gasteiger partial charge < -0.3 is 5.73 Å². The Labute approximate surface area is 74.5 Å². The topological polar surface area (TPSA) is 29.3 Å². The Morgan fingerprint density at radius 3 is 2.27 bits per heavy atom. The molecule has 0 aromatic carbocycles. The molecule has 2 N–H and O–H groups in total. The minimum absolute atomic E-state index is 0.0203. The van der Waals surface area contributed by atoms with Crippen molar-refractivity contribution in [1.82, 2.24) is 4.90 Å². The first-order valence-electron chi connectivity index (χ1n) is 4.17. The van der Waals surface area contributed by atoms with Crippen LogP contribution in [-0.4, -0.2) is 28.4 Å². The second-order valence-corrected chi connectivity index (χ2v) is 4.98. The van der Waals surface area contributed by atoms with Crippen molar-refractivity contribution in [2.75, 3.05) is 6.54 Å². The van der Waals surface area contributed by atoms with E-state index in [0.717, 1.165) is 13.0 Å². The van der Waals surface area contributed by atoms with Crippen LogP contribution in [0, 0.1) is 0 Å². The number of nitrogens with zero attached hydrogens (tertiary/aromatic N) is 1. The molecule has 2 atom stereocenters. The largest absolute Gasteiger partial charge is 0.326 e. The molecule has 0 aromatic heterocycles. The molecule has 0 saturated carbocycles. The van der Waals surface area contributed by atoms with Crippen LogP contribution in [0.2, 0.25) is 0 Å². The molecule has 1 aliphatic heterocycles. The van der Waals surface area contributed by atoms with Crippen LogP contribution in [0.15, 0.2) is 0 Å². The van der Waals surface area contributed by atoms with Gasteiger partial charge in [0.25, 0.3) is 0 Å². The smallest absolute Gasteiger partial charge is 0.0586 e. The monoisotopic (exact) mass is 174 g/mol. The highest BCUT2D eigenvalue weighted by Crippen LogP contribution is 2.27. The van der Waals surface area contributed by atoms with Gasteiger partial charge in [0, 0.05) is 18.6 Å². The van der Waals surface area contributed by atoms with Crippen LogP contribution in [-0.2, 0) is 0 Å². The van der Waals surface area contributed by atoms with Gasteiger partial charge in [-0.25, -0.2) is 0 Å². The zero-order valence-electron chi connectivity index (χ0n) is 7.54. The maximum Gasteiger partial charge on any atom is 0.0586 e. The summed E-state index contributed by atoms with van der Waals surface area (Å²) >= 11 is 4.52. The third-order valence-electron chi connectivity index (χ3n) is 2.52. The molecule has 0 amide bonds. The number of likely N-dealkylation sites (tertiary alicyclic amines) is 1. The summed E-state index contributed by atoms with van der Waals surface area (Å²) in [5.41, 5.74) is 5.89. The van der Waals surface area contributed by atoms with Crippen LogP contribution in [0.1, 0.15) is 27.2 Å². The predicted octanol–water partition coefficient (Wildman–Crippen LogP) is 1.07. The fourth-order valence-corrected chi connectivity index (χ4v) is 2.02. The summed E-state index contributed by atoms with van der Waals surface area (Å²) in [4.78, 5) is 2.33. The first kappa shape index (κ1) is 9.36. The van der Waals surface area contributed by atoms with E-state index in [1.54, 1.807) is 0 Å². The van der Waals surface area contributed by atoms with Gasteiger partial charge in [-0.1, -0.05) is 0 Å². The lowest BCUT2D eigenvalue weighted by atomic mass is 10.1. The molecule has 1 aliphatic rings. The summed E-state index contributed by atoms with van der Waals surface area (Å²) in [5.74, 6) is 0. The number of hydrogen-bond acceptors (Lipinski definition) is 3. The van der Waals surface area contributed by atoms with E-state index < -0.39 is 0 Å². The lowest BCUT2D eigenvalue weighted by Gasteiger charge is -2.35. The molecule has 2 nitrogen and oxygen atoms in total. The van der Waals surface area contributed by atoms with Crippen LogP contribution in [0.3, 0.4) is 0 Å². The highest BCUT2D eigenvalue weighted by atomic mass is 32.1. The number of nitrogens with two attached hydrogens (primary N) is 1. The van der Waals surface area contributed by atoms with Crippen molar-refractivity contribution < 1.29 is 0 Å². The van der Waals surface area contributed by atoms with Crippen molar-refractivity contribution in [1.29, 1.82) is 0 Å². The molecular weight excluding hydrogens is 156 g/mol. The fraction of sp³-hybridized carbons (Fsp3) is 1.00. The lowest BCUT2D eigenvalue weighted by Crippen LogP contribution is -2.45. The molecule has 66 valence electrons. The van der Waals surface area contributed by atoms with Crippen LogP contribution in [0.25, 0.3) is 0 Å². The summed E-state index contributed by atoms with van der Waals surface area (Å²) in [5, 5.41) is 0. The van der Waals surface area contributed by atoms with Gasteiger partial charge >= 0.3 is 0 Å². The Morgan fingerprint density at radius 1 is 1.55 bits per heavy atom. The maximum atomic E-state index is 5.89. The maximum absolute atomic E-state index is 5.89. The van der Waals surface area contributed by atoms with Crippen molar-refractivity contribution in [2.45, 2.75) is 44.1 Å². The van der Waals surface area contributed by atoms with E-state index in [0.29, 0.717) is 12.1 Å². The Morgan fingerprint density at radius 2 is 2.09 bits per heavy atom. The number of rotatable bonds is 1. The third kappa shape index (κ3) is 1.89. The van der Waals surface area contributed by atoms with E-state index in [1.807, 2.05) is 0 Å². The molecule has 0 aliphatic carbocycles. The number of thiol groups is 1. The van der Waals surface area contributed by atoms with E-state index >= 15 is 0 Å². The summed E-state index contributed by atoms with van der Waals surface area (Å²) in [6.45, 7) is 7.49. The molecule has 0 radical (unpaired) electrons. The first-order chi connectivity index (χ1) is 4.93. The molecule has 1 heterocycles. The SMILES string of the molecule is C[C@@H]1[C@@H](N)CCN1C(C)(C)S. The van der Waals surface area contributed by atoms with Gasteiger partial charge in [0.15, 0.2) is 0 Å². The molecule has 11 heavy (non-hydrogen) atoms. The van der Waals surface area contributed by atoms with Gasteiger partial charge in [0.05, 0.1) is 4.87 Å². The van der Waals surface area contributed by atoms with Gasteiger partial charge in [-0.3, -0.25) is 4.90 Å². The Kier molecular flexibility index (Phi) is 2.52. The van der Waals surface area contributed by atoms with Crippen LogP contribution >= 0.6 is 12.6 Å². The van der Waals surface area contributed by atoms with Crippen LogP contribution in [0.5, 0.6) is 0 Å². The van der Waals surface area contributed by atoms with E-state index in [1.165, 1.54) is 0 Å². The number of hydrogen-bond donors (Lipinski definition) is 2. The van der Waals surface area contributed by atoms with Crippen LogP contribution in [0.4, 0.5) is 0 Å². The molecule has 3 heteroatoms. The molecule has 0 bridgehead atoms. The summed E-state index contributed by atoms with van der Waals surface area (Å²) < 4.78 is 0. The third-order valence-corrected chi connectivity index (χ3v) is 2.77. The lowest BCUT2D eigenvalue weighted by molar-refractivity contribution is 0.186. The van der Waals surface area contributed by atoms with Gasteiger partial charge in [0.2, 0.25) is 0 Å². The van der Waals surface area contributed by atoms with Crippen molar-refractivity contribution >= 4 is 12.6 Å². The highest BCUT2D eigenvalue weighted by molar-refractivity contribution is 7.81. The molecule has 0 aromatic rings. The molecule has 1 saturated heterocycles. The minimum atomic E-state index is -0.0203. The first-order valence-corrected chi connectivity index (χ1v) is 4.62. The normalized spacial score (nSPS) is 34.6. The standard InChI is InChI=1S/C8H18N2S/c1-6-7(9)4-5-10(6)8(2,3)11/h6-7,11H,4-5,9H2,1-3H3/t6-,7+/m1/s1. The van der Waals surface area contributed by atoms with Gasteiger partial charge in [0.1, 0.15) is 0 Å². The molecule has 0 unspecified atom stereocenters. The second kappa shape index (κ2) is 2.96. The second-order valence-electron chi connectivity index (χ2n) is 3.88. The van der Waals surface area contributed by atoms with E-state index in [9.17, 15) is 0 Å². The molecule has 1 rings (SSSR count). The summed E-state index contributed by atoms with van der Waals surface area (Å²) in [6.07, 6.45) is 1.10. The van der Waals surface area contributed by atoms with Crippen molar-refractivity contribution in [3.8, 4) is 0 Å². The van der Waals surface area contributed by atoms with Crippen molar-refractivity contribution in [2.24, 2.45) is 5.73 Å². The Balaban J connectivity index is 2.62. The summed E-state index contributed by atoms with van der Waals surface area (Å²) in [6, 6.07) is 0.809. The Hall–Kier alpha value is 0.270. The Bertz CT molecular complexity index is 142. The van der Waals surface area contributed by atoms with E-state index in [-0.39, 0.29) is 4.87 Å². The zero-order valence-corrected chi connectivity index (χ0v) is 8.44. The van der Waals surface area contributed by atoms with Crippen molar-refractivity contribution in [3.05, 3.63) is 0 Å².